The molecule has 0 aliphatic heterocycles. The average molecular weight is 542 g/mol. The summed E-state index contributed by atoms with van der Waals surface area (Å²) in [6.07, 6.45) is 2.50. The van der Waals surface area contributed by atoms with Crippen molar-refractivity contribution in [1.29, 1.82) is 0 Å². The molecule has 4 N–H and O–H groups in total. The minimum absolute atomic E-state index is 0. The third-order valence-electron chi connectivity index (χ3n) is 5.55. The summed E-state index contributed by atoms with van der Waals surface area (Å²) >= 11 is 0. The van der Waals surface area contributed by atoms with Gasteiger partial charge < -0.3 is 20.4 Å². The molecule has 14 nitrogen and oxygen atoms in total. The molecule has 40 heavy (non-hydrogen) atoms. The normalized spacial score (nSPS) is 10.4. The molecule has 0 unspecified atom stereocenters. The van der Waals surface area contributed by atoms with Crippen LogP contribution in [-0.4, -0.2) is 58.2 Å². The molecular formula is C26H23N9O5. The van der Waals surface area contributed by atoms with Crippen molar-refractivity contribution in [3.63, 3.8) is 0 Å². The van der Waals surface area contributed by atoms with E-state index in [0.29, 0.717) is 11.6 Å². The molecule has 4 heterocycles. The fourth-order valence-electron chi connectivity index (χ4n) is 3.84. The Morgan fingerprint density at radius 1 is 0.750 bits per heavy atom. The van der Waals surface area contributed by atoms with Gasteiger partial charge in [0.2, 0.25) is 0 Å². The van der Waals surface area contributed by atoms with Gasteiger partial charge in [-0.25, -0.2) is 23.8 Å². The highest BCUT2D eigenvalue weighted by Crippen LogP contribution is 2.21. The van der Waals surface area contributed by atoms with E-state index in [1.807, 2.05) is 60.7 Å². The number of hydrogen-bond donors (Lipinski definition) is 3. The maximum absolute atomic E-state index is 11.9. The summed E-state index contributed by atoms with van der Waals surface area (Å²) in [5, 5.41) is 8.06. The SMILES string of the molecule is C.COC(=O)c1nc(-c2ccccc2)n2nc[nH]c(=O)c12.NC(=O)c1nc(-c2ccccc2)n2nc[nH]c(=O)c12. The van der Waals surface area contributed by atoms with Gasteiger partial charge in [0, 0.05) is 11.1 Å². The molecule has 0 fully saturated rings. The molecule has 0 aliphatic carbocycles. The number of fused-ring (bicyclic) bond motifs is 2. The lowest BCUT2D eigenvalue weighted by atomic mass is 10.2. The molecule has 0 spiro atoms. The highest BCUT2D eigenvalue weighted by molar-refractivity contribution is 5.98. The Kier molecular flexibility index (Phi) is 7.61. The van der Waals surface area contributed by atoms with Crippen LogP contribution in [-0.2, 0) is 4.74 Å². The number of nitrogens with one attached hydrogen (secondary N) is 2. The summed E-state index contributed by atoms with van der Waals surface area (Å²) in [4.78, 5) is 60.0. The monoisotopic (exact) mass is 541 g/mol. The first-order valence-corrected chi connectivity index (χ1v) is 11.3. The number of esters is 1. The summed E-state index contributed by atoms with van der Waals surface area (Å²) in [6, 6.07) is 18.3. The van der Waals surface area contributed by atoms with Gasteiger partial charge in [0.25, 0.3) is 17.0 Å². The smallest absolute Gasteiger partial charge is 0.359 e. The Hall–Kier alpha value is -5.92. The van der Waals surface area contributed by atoms with E-state index in [2.05, 4.69) is 34.9 Å². The van der Waals surface area contributed by atoms with Crippen LogP contribution in [0.25, 0.3) is 33.8 Å². The summed E-state index contributed by atoms with van der Waals surface area (Å²) in [5.74, 6) is -0.635. The van der Waals surface area contributed by atoms with E-state index in [-0.39, 0.29) is 29.8 Å². The molecule has 202 valence electrons. The number of nitrogens with two attached hydrogens (primary N) is 1. The largest absolute Gasteiger partial charge is 0.464 e. The Morgan fingerprint density at radius 2 is 1.18 bits per heavy atom. The number of aromatic amines is 2. The number of nitrogens with zero attached hydrogens (tertiary/aromatic N) is 6. The molecule has 0 atom stereocenters. The van der Waals surface area contributed by atoms with Crippen LogP contribution < -0.4 is 16.9 Å². The van der Waals surface area contributed by atoms with Crippen molar-refractivity contribution in [2.45, 2.75) is 7.43 Å². The van der Waals surface area contributed by atoms with Crippen LogP contribution in [0, 0.1) is 0 Å². The molecule has 0 radical (unpaired) electrons. The number of rotatable bonds is 4. The third-order valence-corrected chi connectivity index (χ3v) is 5.55. The molecule has 6 aromatic rings. The van der Waals surface area contributed by atoms with Gasteiger partial charge in [-0.2, -0.15) is 10.2 Å². The number of carbonyl (C=O) groups excluding carboxylic acids is 2. The number of H-pyrrole nitrogens is 2. The molecule has 14 heteroatoms. The zero-order valence-electron chi connectivity index (χ0n) is 20.2. The van der Waals surface area contributed by atoms with Crippen LogP contribution in [0.15, 0.2) is 82.9 Å². The Labute approximate surface area is 225 Å². The number of amides is 1. The number of aromatic nitrogens is 8. The second-order valence-electron chi connectivity index (χ2n) is 7.91. The standard InChI is InChI=1S/C13H10N4O3.C12H9N5O2.CH4/c1-20-13(19)9-10-12(18)14-7-15-17(10)11(16-9)8-5-3-2-4-6-8;13-10(18)8-9-12(19)14-6-15-17(9)11(16-8)7-4-2-1-3-5-7;/h2-7H,1H3,(H,14,15,18);1-6H,(H2,13,18)(H,14,15,19);1H4. The van der Waals surface area contributed by atoms with E-state index < -0.39 is 23.0 Å². The minimum atomic E-state index is -0.766. The molecule has 6 rings (SSSR count). The van der Waals surface area contributed by atoms with Crippen molar-refractivity contribution >= 4 is 22.9 Å². The van der Waals surface area contributed by atoms with Gasteiger partial charge in [-0.05, 0) is 0 Å². The number of carbonyl (C=O) groups is 2. The number of ether oxygens (including phenoxy) is 1. The third kappa shape index (κ3) is 4.83. The molecule has 0 saturated carbocycles. The predicted molar refractivity (Wildman–Crippen MR) is 145 cm³/mol. The van der Waals surface area contributed by atoms with Crippen molar-refractivity contribution in [3.05, 3.63) is 105 Å². The molecule has 4 aromatic heterocycles. The molecule has 1 amide bonds. The number of primary amides is 1. The maximum Gasteiger partial charge on any atom is 0.359 e. The first kappa shape index (κ1) is 27.1. The second-order valence-corrected chi connectivity index (χ2v) is 7.91. The molecular weight excluding hydrogens is 518 g/mol. The van der Waals surface area contributed by atoms with Crippen molar-refractivity contribution in [2.75, 3.05) is 7.11 Å². The van der Waals surface area contributed by atoms with Gasteiger partial charge in [-0.1, -0.05) is 68.1 Å². The Morgan fingerprint density at radius 3 is 1.60 bits per heavy atom. The summed E-state index contributed by atoms with van der Waals surface area (Å²) < 4.78 is 7.30. The Bertz CT molecular complexity index is 1940. The Balaban J connectivity index is 0.000000181. The van der Waals surface area contributed by atoms with Crippen molar-refractivity contribution < 1.29 is 14.3 Å². The van der Waals surface area contributed by atoms with Crippen LogP contribution in [0.4, 0.5) is 0 Å². The minimum Gasteiger partial charge on any atom is -0.464 e. The van der Waals surface area contributed by atoms with Gasteiger partial charge in [0.05, 0.1) is 7.11 Å². The lowest BCUT2D eigenvalue weighted by Gasteiger charge is -1.98. The topological polar surface area (TPSA) is 195 Å². The lowest BCUT2D eigenvalue weighted by molar-refractivity contribution is 0.0596. The fraction of sp³-hybridized carbons (Fsp3) is 0.0769. The van der Waals surface area contributed by atoms with E-state index in [1.165, 1.54) is 28.8 Å². The van der Waals surface area contributed by atoms with E-state index in [9.17, 15) is 19.2 Å². The quantitative estimate of drug-likeness (QED) is 0.278. The first-order valence-electron chi connectivity index (χ1n) is 11.3. The van der Waals surface area contributed by atoms with E-state index >= 15 is 0 Å². The maximum atomic E-state index is 11.9. The van der Waals surface area contributed by atoms with Crippen LogP contribution in [0.3, 0.4) is 0 Å². The van der Waals surface area contributed by atoms with Crippen molar-refractivity contribution in [2.24, 2.45) is 5.73 Å². The summed E-state index contributed by atoms with van der Waals surface area (Å²) in [7, 11) is 1.24. The zero-order valence-corrected chi connectivity index (χ0v) is 20.2. The number of hydrogen-bond acceptors (Lipinski definition) is 9. The highest BCUT2D eigenvalue weighted by Gasteiger charge is 2.22. The van der Waals surface area contributed by atoms with Crippen molar-refractivity contribution in [1.82, 2.24) is 39.2 Å². The van der Waals surface area contributed by atoms with Crippen LogP contribution in [0.1, 0.15) is 28.4 Å². The second kappa shape index (κ2) is 11.2. The zero-order chi connectivity index (χ0) is 27.5. The van der Waals surface area contributed by atoms with E-state index in [4.69, 9.17) is 5.73 Å². The van der Waals surface area contributed by atoms with E-state index in [1.54, 1.807) is 0 Å². The van der Waals surface area contributed by atoms with E-state index in [0.717, 1.165) is 11.1 Å². The highest BCUT2D eigenvalue weighted by atomic mass is 16.5. The first-order chi connectivity index (χ1) is 18.9. The van der Waals surface area contributed by atoms with Crippen LogP contribution in [0.2, 0.25) is 0 Å². The fourth-order valence-corrected chi connectivity index (χ4v) is 3.84. The lowest BCUT2D eigenvalue weighted by Crippen LogP contribution is -2.17. The molecule has 0 bridgehead atoms. The number of benzene rings is 2. The van der Waals surface area contributed by atoms with Gasteiger partial charge in [0.1, 0.15) is 12.7 Å². The van der Waals surface area contributed by atoms with Gasteiger partial charge in [-0.3, -0.25) is 14.4 Å². The van der Waals surface area contributed by atoms with Gasteiger partial charge >= 0.3 is 5.97 Å². The molecule has 0 saturated heterocycles. The summed E-state index contributed by atoms with van der Waals surface area (Å²) in [5.41, 5.74) is 5.79. The predicted octanol–water partition coefficient (Wildman–Crippen LogP) is 1.69. The number of imidazole rings is 2. The van der Waals surface area contributed by atoms with Crippen LogP contribution >= 0.6 is 0 Å². The van der Waals surface area contributed by atoms with Crippen molar-refractivity contribution in [3.8, 4) is 22.8 Å². The summed E-state index contributed by atoms with van der Waals surface area (Å²) in [6.45, 7) is 0. The molecule has 0 aliphatic rings. The van der Waals surface area contributed by atoms with Gasteiger partial charge in [-0.15, -0.1) is 0 Å². The van der Waals surface area contributed by atoms with Crippen LogP contribution in [0.5, 0.6) is 0 Å². The molecule has 2 aromatic carbocycles. The number of methoxy groups -OCH3 is 1. The average Bonchev–Trinajstić information content (AvgIpc) is 3.55. The van der Waals surface area contributed by atoms with Gasteiger partial charge in [0.15, 0.2) is 34.1 Å².